The molecule has 0 spiro atoms. The Morgan fingerprint density at radius 1 is 1.11 bits per heavy atom. The largest absolute Gasteiger partial charge is 0.300 e. The topological polar surface area (TPSA) is 54.5 Å². The molecule has 0 bridgehead atoms. The molecule has 0 aromatic rings. The van der Waals surface area contributed by atoms with E-state index in [1.807, 2.05) is 13.8 Å². The van der Waals surface area contributed by atoms with Crippen molar-refractivity contribution in [3.05, 3.63) is 0 Å². The molecular weight excluding hydrogens is 230 g/mol. The Balaban J connectivity index is 2.17. The quantitative estimate of drug-likeness (QED) is 0.721. The lowest BCUT2D eigenvalue weighted by atomic mass is 9.81. The highest BCUT2D eigenvalue weighted by Gasteiger charge is 2.51. The molecule has 0 unspecified atom stereocenters. The highest BCUT2D eigenvalue weighted by molar-refractivity contribution is 6.06. The van der Waals surface area contributed by atoms with Gasteiger partial charge >= 0.3 is 0 Å². The summed E-state index contributed by atoms with van der Waals surface area (Å²) in [5, 5.41) is 0. The van der Waals surface area contributed by atoms with Gasteiger partial charge in [0.2, 0.25) is 11.8 Å². The number of carbonyl (C=O) groups excluding carboxylic acids is 3. The fourth-order valence-corrected chi connectivity index (χ4v) is 3.17. The predicted octanol–water partition coefficient (Wildman–Crippen LogP) is 2.06. The van der Waals surface area contributed by atoms with E-state index in [0.29, 0.717) is 32.1 Å². The molecule has 2 fully saturated rings. The Bertz CT molecular complexity index is 375. The Morgan fingerprint density at radius 2 is 1.67 bits per heavy atom. The molecule has 1 saturated carbocycles. The normalized spacial score (nSPS) is 25.0. The van der Waals surface area contributed by atoms with Crippen LogP contribution in [-0.2, 0) is 14.4 Å². The summed E-state index contributed by atoms with van der Waals surface area (Å²) < 4.78 is 0. The van der Waals surface area contributed by atoms with Gasteiger partial charge in [-0.25, -0.2) is 0 Å². The van der Waals surface area contributed by atoms with Gasteiger partial charge in [-0.05, 0) is 25.7 Å². The third-order valence-electron chi connectivity index (χ3n) is 4.66. The molecule has 0 aromatic carbocycles. The fourth-order valence-electron chi connectivity index (χ4n) is 3.17. The molecule has 0 radical (unpaired) electrons. The van der Waals surface area contributed by atoms with E-state index in [1.54, 1.807) is 0 Å². The van der Waals surface area contributed by atoms with Gasteiger partial charge < -0.3 is 0 Å². The van der Waals surface area contributed by atoms with Crippen molar-refractivity contribution in [2.24, 2.45) is 5.41 Å². The van der Waals surface area contributed by atoms with Gasteiger partial charge in [-0.3, -0.25) is 19.3 Å². The van der Waals surface area contributed by atoms with Gasteiger partial charge in [0.15, 0.2) is 0 Å². The molecule has 1 heterocycles. The van der Waals surface area contributed by atoms with Crippen LogP contribution in [0.1, 0.15) is 58.8 Å². The number of nitrogens with zero attached hydrogens (tertiary/aromatic N) is 1. The SMILES string of the molecule is CCC1(CC)CC(=O)N(C2CCC(=O)CC2)C1=O. The van der Waals surface area contributed by atoms with Gasteiger partial charge in [-0.1, -0.05) is 13.8 Å². The monoisotopic (exact) mass is 251 g/mol. The van der Waals surface area contributed by atoms with Crippen molar-refractivity contribution in [2.45, 2.75) is 64.8 Å². The van der Waals surface area contributed by atoms with E-state index >= 15 is 0 Å². The molecule has 0 aromatic heterocycles. The Hall–Kier alpha value is -1.19. The molecule has 2 amide bonds. The first-order valence-corrected chi connectivity index (χ1v) is 6.92. The van der Waals surface area contributed by atoms with Crippen molar-refractivity contribution in [1.82, 2.24) is 4.90 Å². The molecule has 1 saturated heterocycles. The molecule has 1 aliphatic heterocycles. The average Bonchev–Trinajstić information content (AvgIpc) is 2.63. The Morgan fingerprint density at radius 3 is 2.11 bits per heavy atom. The van der Waals surface area contributed by atoms with Crippen molar-refractivity contribution in [2.75, 3.05) is 0 Å². The molecule has 4 nitrogen and oxygen atoms in total. The number of hydrogen-bond acceptors (Lipinski definition) is 3. The van der Waals surface area contributed by atoms with Crippen LogP contribution in [0.5, 0.6) is 0 Å². The zero-order valence-electron chi connectivity index (χ0n) is 11.2. The number of Topliss-reactive ketones (excluding diaryl/α,β-unsaturated/α-hetero) is 1. The molecule has 1 aliphatic carbocycles. The summed E-state index contributed by atoms with van der Waals surface area (Å²) in [6.07, 6.45) is 4.11. The Labute approximate surface area is 108 Å². The average molecular weight is 251 g/mol. The molecule has 2 aliphatic rings. The van der Waals surface area contributed by atoms with Gasteiger partial charge in [-0.2, -0.15) is 0 Å². The highest BCUT2D eigenvalue weighted by atomic mass is 16.2. The van der Waals surface area contributed by atoms with Crippen molar-refractivity contribution in [3.8, 4) is 0 Å². The number of hydrogen-bond donors (Lipinski definition) is 0. The van der Waals surface area contributed by atoms with E-state index in [-0.39, 0.29) is 23.6 Å². The maximum Gasteiger partial charge on any atom is 0.236 e. The molecule has 18 heavy (non-hydrogen) atoms. The van der Waals surface area contributed by atoms with Crippen LogP contribution in [0.3, 0.4) is 0 Å². The van der Waals surface area contributed by atoms with Crippen LogP contribution in [0.4, 0.5) is 0 Å². The van der Waals surface area contributed by atoms with Gasteiger partial charge in [0, 0.05) is 25.3 Å². The second kappa shape index (κ2) is 4.82. The fraction of sp³-hybridized carbons (Fsp3) is 0.786. The van der Waals surface area contributed by atoms with E-state index in [1.165, 1.54) is 4.90 Å². The second-order valence-electron chi connectivity index (χ2n) is 5.50. The lowest BCUT2D eigenvalue weighted by Crippen LogP contribution is -2.44. The standard InChI is InChI=1S/C14H21NO3/c1-3-14(4-2)9-12(17)15(13(14)18)10-5-7-11(16)8-6-10/h10H,3-9H2,1-2H3. The van der Waals surface area contributed by atoms with Crippen LogP contribution in [0.15, 0.2) is 0 Å². The third kappa shape index (κ3) is 1.98. The van der Waals surface area contributed by atoms with Crippen LogP contribution in [0.2, 0.25) is 0 Å². The zero-order chi connectivity index (χ0) is 13.3. The van der Waals surface area contributed by atoms with E-state index < -0.39 is 5.41 Å². The zero-order valence-corrected chi connectivity index (χ0v) is 11.2. The number of rotatable bonds is 3. The van der Waals surface area contributed by atoms with E-state index in [0.717, 1.165) is 12.8 Å². The molecular formula is C14H21NO3. The van der Waals surface area contributed by atoms with Crippen LogP contribution in [0, 0.1) is 5.41 Å². The second-order valence-corrected chi connectivity index (χ2v) is 5.50. The lowest BCUT2D eigenvalue weighted by molar-refractivity contribution is -0.146. The summed E-state index contributed by atoms with van der Waals surface area (Å²) in [6, 6.07) is -0.0392. The molecule has 4 heteroatoms. The molecule has 0 N–H and O–H groups in total. The summed E-state index contributed by atoms with van der Waals surface area (Å²) >= 11 is 0. The number of ketones is 1. The van der Waals surface area contributed by atoms with Gasteiger partial charge in [-0.15, -0.1) is 0 Å². The molecule has 100 valence electrons. The molecule has 0 atom stereocenters. The number of amides is 2. The van der Waals surface area contributed by atoms with Crippen LogP contribution in [0.25, 0.3) is 0 Å². The first kappa shape index (κ1) is 13.2. The maximum atomic E-state index is 12.5. The minimum atomic E-state index is -0.474. The minimum Gasteiger partial charge on any atom is -0.300 e. The van der Waals surface area contributed by atoms with Crippen molar-refractivity contribution >= 4 is 17.6 Å². The van der Waals surface area contributed by atoms with Crippen molar-refractivity contribution in [1.29, 1.82) is 0 Å². The van der Waals surface area contributed by atoms with Gasteiger partial charge in [0.05, 0.1) is 5.41 Å². The predicted molar refractivity (Wildman–Crippen MR) is 66.7 cm³/mol. The maximum absolute atomic E-state index is 12.5. The summed E-state index contributed by atoms with van der Waals surface area (Å²) in [6.45, 7) is 3.95. The van der Waals surface area contributed by atoms with Crippen molar-refractivity contribution < 1.29 is 14.4 Å². The lowest BCUT2D eigenvalue weighted by Gasteiger charge is -2.31. The third-order valence-corrected chi connectivity index (χ3v) is 4.66. The van der Waals surface area contributed by atoms with Crippen LogP contribution >= 0.6 is 0 Å². The minimum absolute atomic E-state index is 0.00292. The van der Waals surface area contributed by atoms with Crippen LogP contribution in [-0.4, -0.2) is 28.5 Å². The summed E-state index contributed by atoms with van der Waals surface area (Å²) in [5.74, 6) is 0.211. The van der Waals surface area contributed by atoms with Crippen molar-refractivity contribution in [3.63, 3.8) is 0 Å². The summed E-state index contributed by atoms with van der Waals surface area (Å²) in [5.41, 5.74) is -0.474. The number of carbonyl (C=O) groups is 3. The smallest absolute Gasteiger partial charge is 0.236 e. The summed E-state index contributed by atoms with van der Waals surface area (Å²) in [4.78, 5) is 37.3. The Kier molecular flexibility index (Phi) is 3.55. The van der Waals surface area contributed by atoms with Crippen LogP contribution < -0.4 is 0 Å². The number of imide groups is 1. The van der Waals surface area contributed by atoms with Gasteiger partial charge in [0.25, 0.3) is 0 Å². The molecule has 2 rings (SSSR count). The van der Waals surface area contributed by atoms with Gasteiger partial charge in [0.1, 0.15) is 5.78 Å². The van der Waals surface area contributed by atoms with E-state index in [9.17, 15) is 14.4 Å². The number of likely N-dealkylation sites (tertiary alicyclic amines) is 1. The van der Waals surface area contributed by atoms with E-state index in [2.05, 4.69) is 0 Å². The first-order valence-electron chi connectivity index (χ1n) is 6.92. The highest BCUT2D eigenvalue weighted by Crippen LogP contribution is 2.41. The van der Waals surface area contributed by atoms with E-state index in [4.69, 9.17) is 0 Å². The summed E-state index contributed by atoms with van der Waals surface area (Å²) in [7, 11) is 0. The first-order chi connectivity index (χ1) is 8.54.